The summed E-state index contributed by atoms with van der Waals surface area (Å²) < 4.78 is 21.7. The van der Waals surface area contributed by atoms with Gasteiger partial charge >= 0.3 is 0 Å². The number of ketones is 1. The summed E-state index contributed by atoms with van der Waals surface area (Å²) in [5.74, 6) is -0.252. The van der Waals surface area contributed by atoms with Gasteiger partial charge in [-0.3, -0.25) is 9.36 Å². The molecule has 0 heterocycles. The van der Waals surface area contributed by atoms with Gasteiger partial charge in [-0.15, -0.1) is 0 Å². The molecule has 0 saturated carbocycles. The molecular formula is C20H42NO6P. The third-order valence-corrected chi connectivity index (χ3v) is 5.55. The van der Waals surface area contributed by atoms with Crippen LogP contribution in [0.25, 0.3) is 0 Å². The van der Waals surface area contributed by atoms with Crippen molar-refractivity contribution in [3.05, 3.63) is 0 Å². The first-order valence-electron chi connectivity index (χ1n) is 10.7. The maximum absolute atomic E-state index is 11.9. The van der Waals surface area contributed by atoms with Crippen LogP contribution in [0.5, 0.6) is 0 Å². The van der Waals surface area contributed by atoms with Crippen LogP contribution >= 0.6 is 7.82 Å². The van der Waals surface area contributed by atoms with Crippen LogP contribution in [-0.2, 0) is 18.4 Å². The van der Waals surface area contributed by atoms with Crippen molar-refractivity contribution in [1.29, 1.82) is 0 Å². The van der Waals surface area contributed by atoms with Crippen molar-refractivity contribution in [3.63, 3.8) is 0 Å². The molecule has 7 nitrogen and oxygen atoms in total. The molecule has 0 saturated heterocycles. The van der Waals surface area contributed by atoms with Gasteiger partial charge in [-0.1, -0.05) is 58.3 Å². The van der Waals surface area contributed by atoms with Gasteiger partial charge in [0, 0.05) is 12.8 Å². The van der Waals surface area contributed by atoms with E-state index in [1.165, 1.54) is 38.5 Å². The minimum atomic E-state index is -4.39. The molecule has 0 aliphatic heterocycles. The predicted molar refractivity (Wildman–Crippen MR) is 110 cm³/mol. The van der Waals surface area contributed by atoms with Crippen molar-refractivity contribution in [2.75, 3.05) is 40.9 Å². The number of aliphatic hydroxyl groups is 1. The summed E-state index contributed by atoms with van der Waals surface area (Å²) in [6.45, 7) is 2.51. The summed E-state index contributed by atoms with van der Waals surface area (Å²) >= 11 is 0. The number of quaternary nitrogens is 1. The highest BCUT2D eigenvalue weighted by Gasteiger charge is 2.17. The van der Waals surface area contributed by atoms with Gasteiger partial charge in [0.15, 0.2) is 5.78 Å². The van der Waals surface area contributed by atoms with E-state index in [0.717, 1.165) is 19.3 Å². The van der Waals surface area contributed by atoms with E-state index in [9.17, 15) is 19.4 Å². The Bertz CT molecular complexity index is 452. The van der Waals surface area contributed by atoms with Crippen molar-refractivity contribution in [2.45, 2.75) is 83.7 Å². The first-order chi connectivity index (χ1) is 13.1. The molecule has 0 aliphatic rings. The Hall–Kier alpha value is -0.300. The third-order valence-electron chi connectivity index (χ3n) is 4.55. The van der Waals surface area contributed by atoms with E-state index in [1.54, 1.807) is 0 Å². The molecule has 0 amide bonds. The van der Waals surface area contributed by atoms with Crippen LogP contribution in [0, 0.1) is 0 Å². The van der Waals surface area contributed by atoms with E-state index in [4.69, 9.17) is 9.05 Å². The molecule has 0 aromatic carbocycles. The van der Waals surface area contributed by atoms with Crippen molar-refractivity contribution in [1.82, 2.24) is 0 Å². The number of carbonyl (C=O) groups excluding carboxylic acids is 1. The maximum atomic E-state index is 11.9. The van der Waals surface area contributed by atoms with Crippen LogP contribution in [0.3, 0.4) is 0 Å². The lowest BCUT2D eigenvalue weighted by Crippen LogP contribution is -2.37. The van der Waals surface area contributed by atoms with Gasteiger partial charge in [-0.25, -0.2) is 0 Å². The smallest absolute Gasteiger partial charge is 0.268 e. The molecule has 0 bridgehead atoms. The third kappa shape index (κ3) is 17.8. The first kappa shape index (κ1) is 27.7. The van der Waals surface area contributed by atoms with Crippen molar-refractivity contribution >= 4 is 13.6 Å². The van der Waals surface area contributed by atoms with Crippen LogP contribution in [-0.4, -0.2) is 62.4 Å². The normalized spacial score (nSPS) is 15.4. The highest BCUT2D eigenvalue weighted by molar-refractivity contribution is 7.45. The molecule has 8 heteroatoms. The van der Waals surface area contributed by atoms with Gasteiger partial charge in [0.1, 0.15) is 19.3 Å². The average Bonchev–Trinajstić information content (AvgIpc) is 2.58. The molecule has 28 heavy (non-hydrogen) atoms. The molecule has 168 valence electrons. The standard InChI is InChI=1S/C20H42NO6P/c1-5-6-7-8-9-10-11-12-13-14-19(22)20(23)15-17-26-28(24,25)27-18-16-21(2,3)4/h20,23H,5-18H2,1-4H3. The second-order valence-electron chi connectivity index (χ2n) is 8.48. The number of carbonyl (C=O) groups is 1. The summed E-state index contributed by atoms with van der Waals surface area (Å²) in [6, 6.07) is 0. The van der Waals surface area contributed by atoms with E-state index in [-0.39, 0.29) is 25.4 Å². The van der Waals surface area contributed by atoms with Gasteiger partial charge in [-0.2, -0.15) is 0 Å². The predicted octanol–water partition coefficient (Wildman–Crippen LogP) is 3.44. The van der Waals surface area contributed by atoms with Crippen LogP contribution in [0.15, 0.2) is 0 Å². The highest BCUT2D eigenvalue weighted by Crippen LogP contribution is 2.38. The fraction of sp³-hybridized carbons (Fsp3) is 0.950. The second-order valence-corrected chi connectivity index (χ2v) is 9.89. The first-order valence-corrected chi connectivity index (χ1v) is 12.1. The Balaban J connectivity index is 3.73. The number of unbranched alkanes of at least 4 members (excludes halogenated alkanes) is 8. The van der Waals surface area contributed by atoms with Gasteiger partial charge in [0.25, 0.3) is 7.82 Å². The molecule has 0 aliphatic carbocycles. The average molecular weight is 424 g/mol. The number of nitrogens with zero attached hydrogens (tertiary/aromatic N) is 1. The van der Waals surface area contributed by atoms with E-state index >= 15 is 0 Å². The lowest BCUT2D eigenvalue weighted by atomic mass is 10.0. The molecule has 0 radical (unpaired) electrons. The fourth-order valence-corrected chi connectivity index (χ4v) is 3.39. The largest absolute Gasteiger partial charge is 0.756 e. The molecule has 0 aromatic heterocycles. The number of Topliss-reactive ketones (excluding diaryl/α,β-unsaturated/α-hetero) is 1. The second kappa shape index (κ2) is 15.5. The molecular weight excluding hydrogens is 381 g/mol. The summed E-state index contributed by atoms with van der Waals surface area (Å²) in [4.78, 5) is 23.5. The van der Waals surface area contributed by atoms with Gasteiger partial charge < -0.3 is 23.5 Å². The quantitative estimate of drug-likeness (QED) is 0.194. The molecule has 0 aromatic rings. The summed E-state index contributed by atoms with van der Waals surface area (Å²) in [5, 5.41) is 9.86. The van der Waals surface area contributed by atoms with E-state index in [0.29, 0.717) is 17.4 Å². The summed E-state index contributed by atoms with van der Waals surface area (Å²) in [5.41, 5.74) is 0. The van der Waals surface area contributed by atoms with Gasteiger partial charge in [-0.05, 0) is 6.42 Å². The number of phosphoric ester groups is 1. The Morgan fingerprint density at radius 1 is 0.964 bits per heavy atom. The Labute approximate surface area is 171 Å². The van der Waals surface area contributed by atoms with Crippen LogP contribution in [0.4, 0.5) is 0 Å². The van der Waals surface area contributed by atoms with Gasteiger partial charge in [0.2, 0.25) is 0 Å². The zero-order chi connectivity index (χ0) is 21.5. The van der Waals surface area contributed by atoms with Gasteiger partial charge in [0.05, 0.1) is 27.7 Å². The zero-order valence-corrected chi connectivity index (χ0v) is 19.3. The molecule has 0 rings (SSSR count). The molecule has 0 spiro atoms. The van der Waals surface area contributed by atoms with Crippen LogP contribution in [0.1, 0.15) is 77.6 Å². The molecule has 2 unspecified atom stereocenters. The number of likely N-dealkylation sites (N-methyl/N-ethyl adjacent to an activating group) is 1. The Morgan fingerprint density at radius 2 is 1.46 bits per heavy atom. The SMILES string of the molecule is CCCCCCCCCCCC(=O)C(O)CCOP(=O)([O-])OCC[N+](C)(C)C. The number of phosphoric acid groups is 1. The van der Waals surface area contributed by atoms with Crippen LogP contribution in [0.2, 0.25) is 0 Å². The monoisotopic (exact) mass is 423 g/mol. The van der Waals surface area contributed by atoms with Crippen molar-refractivity contribution < 1.29 is 32.9 Å². The molecule has 1 N–H and O–H groups in total. The minimum Gasteiger partial charge on any atom is -0.756 e. The Morgan fingerprint density at radius 3 is 2.00 bits per heavy atom. The van der Waals surface area contributed by atoms with Crippen molar-refractivity contribution in [2.24, 2.45) is 0 Å². The summed E-state index contributed by atoms with van der Waals surface area (Å²) in [7, 11) is 1.39. The minimum absolute atomic E-state index is 0.0321. The number of rotatable bonds is 19. The number of hydrogen-bond donors (Lipinski definition) is 1. The molecule has 2 atom stereocenters. The summed E-state index contributed by atoms with van der Waals surface area (Å²) in [6.07, 6.45) is 9.57. The highest BCUT2D eigenvalue weighted by atomic mass is 31.2. The zero-order valence-electron chi connectivity index (χ0n) is 18.4. The lowest BCUT2D eigenvalue weighted by Gasteiger charge is -2.27. The van der Waals surface area contributed by atoms with E-state index < -0.39 is 13.9 Å². The van der Waals surface area contributed by atoms with E-state index in [2.05, 4.69) is 6.92 Å². The number of hydrogen-bond acceptors (Lipinski definition) is 6. The van der Waals surface area contributed by atoms with Crippen molar-refractivity contribution in [3.8, 4) is 0 Å². The Kier molecular flexibility index (Phi) is 15.4. The maximum Gasteiger partial charge on any atom is 0.268 e. The molecule has 0 fully saturated rings. The van der Waals surface area contributed by atoms with Crippen LogP contribution < -0.4 is 4.89 Å². The van der Waals surface area contributed by atoms with E-state index in [1.807, 2.05) is 21.1 Å². The topological polar surface area (TPSA) is 95.9 Å². The fourth-order valence-electron chi connectivity index (χ4n) is 2.68. The lowest BCUT2D eigenvalue weighted by molar-refractivity contribution is -0.870. The number of aliphatic hydroxyl groups excluding tert-OH is 1.